The van der Waals surface area contributed by atoms with Crippen LogP contribution in [0.4, 0.5) is 0 Å². The molecule has 0 bridgehead atoms. The van der Waals surface area contributed by atoms with E-state index >= 15 is 0 Å². The number of rotatable bonds is 3. The Kier molecular flexibility index (Phi) is 3.44. The Morgan fingerprint density at radius 1 is 1.44 bits per heavy atom. The molecule has 3 nitrogen and oxygen atoms in total. The van der Waals surface area contributed by atoms with E-state index in [1.54, 1.807) is 0 Å². The fraction of sp³-hybridized carbons (Fsp3) is 0.533. The molecule has 0 aromatic heterocycles. The molecule has 1 aromatic carbocycles. The lowest BCUT2D eigenvalue weighted by atomic mass is 9.90. The molecule has 0 saturated carbocycles. The van der Waals surface area contributed by atoms with Crippen molar-refractivity contribution in [2.45, 2.75) is 33.7 Å². The van der Waals surface area contributed by atoms with Gasteiger partial charge in [-0.05, 0) is 50.4 Å². The summed E-state index contributed by atoms with van der Waals surface area (Å²) in [6.45, 7) is 8.47. The number of hydrogen-bond donors (Lipinski definition) is 1. The van der Waals surface area contributed by atoms with Crippen LogP contribution in [0.3, 0.4) is 0 Å². The van der Waals surface area contributed by atoms with Gasteiger partial charge in [0.2, 0.25) is 0 Å². The van der Waals surface area contributed by atoms with E-state index < -0.39 is 11.4 Å². The zero-order valence-electron chi connectivity index (χ0n) is 11.4. The number of carboxylic acids is 1. The lowest BCUT2D eigenvalue weighted by molar-refractivity contribution is -0.147. The van der Waals surface area contributed by atoms with Gasteiger partial charge in [0.15, 0.2) is 0 Å². The highest BCUT2D eigenvalue weighted by molar-refractivity contribution is 5.74. The first-order valence-electron chi connectivity index (χ1n) is 6.43. The minimum absolute atomic E-state index is 0.572. The fourth-order valence-corrected chi connectivity index (χ4v) is 2.59. The Bertz CT molecular complexity index is 470. The normalized spacial score (nSPS) is 24.4. The third kappa shape index (κ3) is 2.41. The van der Waals surface area contributed by atoms with Gasteiger partial charge in [0.25, 0.3) is 0 Å². The van der Waals surface area contributed by atoms with Crippen molar-refractivity contribution in [1.82, 2.24) is 4.90 Å². The van der Waals surface area contributed by atoms with Crippen LogP contribution in [0.15, 0.2) is 18.2 Å². The molecule has 98 valence electrons. The average Bonchev–Trinajstić information content (AvgIpc) is 2.68. The van der Waals surface area contributed by atoms with E-state index in [0.717, 1.165) is 19.5 Å². The molecular weight excluding hydrogens is 226 g/mol. The van der Waals surface area contributed by atoms with Crippen molar-refractivity contribution in [3.05, 3.63) is 34.9 Å². The summed E-state index contributed by atoms with van der Waals surface area (Å²) in [6.07, 6.45) is 0.743. The van der Waals surface area contributed by atoms with Crippen LogP contribution in [0.5, 0.6) is 0 Å². The van der Waals surface area contributed by atoms with Gasteiger partial charge in [-0.1, -0.05) is 18.2 Å². The minimum Gasteiger partial charge on any atom is -0.481 e. The zero-order valence-corrected chi connectivity index (χ0v) is 11.4. The molecule has 1 aliphatic heterocycles. The fourth-order valence-electron chi connectivity index (χ4n) is 2.59. The summed E-state index contributed by atoms with van der Waals surface area (Å²) >= 11 is 0. The third-order valence-electron chi connectivity index (χ3n) is 4.18. The molecule has 0 amide bonds. The molecule has 1 unspecified atom stereocenters. The number of carbonyl (C=O) groups is 1. The summed E-state index contributed by atoms with van der Waals surface area (Å²) in [5, 5.41) is 9.23. The lowest BCUT2D eigenvalue weighted by Gasteiger charge is -2.21. The lowest BCUT2D eigenvalue weighted by Crippen LogP contribution is -2.31. The van der Waals surface area contributed by atoms with E-state index in [4.69, 9.17) is 0 Å². The van der Waals surface area contributed by atoms with Gasteiger partial charge in [0.1, 0.15) is 0 Å². The SMILES string of the molecule is Cc1cccc(CN2CCC(C)(C(=O)O)C2)c1C. The summed E-state index contributed by atoms with van der Waals surface area (Å²) in [6, 6.07) is 6.33. The topological polar surface area (TPSA) is 40.5 Å². The Labute approximate surface area is 108 Å². The van der Waals surface area contributed by atoms with Crippen molar-refractivity contribution in [3.63, 3.8) is 0 Å². The second-order valence-corrected chi connectivity index (χ2v) is 5.69. The molecule has 1 aliphatic rings. The van der Waals surface area contributed by atoms with Crippen molar-refractivity contribution >= 4 is 5.97 Å². The maximum Gasteiger partial charge on any atom is 0.310 e. The number of likely N-dealkylation sites (tertiary alicyclic amines) is 1. The van der Waals surface area contributed by atoms with E-state index in [2.05, 4.69) is 36.9 Å². The standard InChI is InChI=1S/C15H21NO2/c1-11-5-4-6-13(12(11)2)9-16-8-7-15(3,10-16)14(17)18/h4-6H,7-10H2,1-3H3,(H,17,18). The molecule has 0 aliphatic carbocycles. The molecule has 1 saturated heterocycles. The highest BCUT2D eigenvalue weighted by Gasteiger charge is 2.40. The molecule has 18 heavy (non-hydrogen) atoms. The number of nitrogens with zero attached hydrogens (tertiary/aromatic N) is 1. The van der Waals surface area contributed by atoms with Gasteiger partial charge in [0.05, 0.1) is 5.41 Å². The molecule has 1 aromatic rings. The summed E-state index contributed by atoms with van der Waals surface area (Å²) < 4.78 is 0. The largest absolute Gasteiger partial charge is 0.481 e. The van der Waals surface area contributed by atoms with Crippen LogP contribution >= 0.6 is 0 Å². The Hall–Kier alpha value is -1.35. The van der Waals surface area contributed by atoms with Gasteiger partial charge in [-0.25, -0.2) is 0 Å². The highest BCUT2D eigenvalue weighted by Crippen LogP contribution is 2.31. The van der Waals surface area contributed by atoms with Crippen molar-refractivity contribution < 1.29 is 9.90 Å². The monoisotopic (exact) mass is 247 g/mol. The van der Waals surface area contributed by atoms with Crippen LogP contribution in [0, 0.1) is 19.3 Å². The summed E-state index contributed by atoms with van der Waals surface area (Å²) in [7, 11) is 0. The Morgan fingerprint density at radius 2 is 2.17 bits per heavy atom. The van der Waals surface area contributed by atoms with Gasteiger partial charge in [-0.3, -0.25) is 9.69 Å². The summed E-state index contributed by atoms with van der Waals surface area (Å²) in [5.41, 5.74) is 3.36. The molecule has 2 rings (SSSR count). The van der Waals surface area contributed by atoms with E-state index in [1.807, 2.05) is 6.92 Å². The zero-order chi connectivity index (χ0) is 13.3. The first-order chi connectivity index (χ1) is 8.42. The number of aryl methyl sites for hydroxylation is 1. The van der Waals surface area contributed by atoms with Gasteiger partial charge in [-0.2, -0.15) is 0 Å². The second kappa shape index (κ2) is 4.73. The van der Waals surface area contributed by atoms with Crippen LogP contribution in [0.2, 0.25) is 0 Å². The van der Waals surface area contributed by atoms with Crippen LogP contribution in [0.1, 0.15) is 30.0 Å². The number of aliphatic carboxylic acids is 1. The molecule has 1 heterocycles. The molecule has 1 fully saturated rings. The average molecular weight is 247 g/mol. The van der Waals surface area contributed by atoms with E-state index in [9.17, 15) is 9.90 Å². The number of hydrogen-bond acceptors (Lipinski definition) is 2. The summed E-state index contributed by atoms with van der Waals surface area (Å²) in [4.78, 5) is 13.5. The first kappa shape index (κ1) is 13.1. The van der Waals surface area contributed by atoms with Gasteiger partial charge >= 0.3 is 5.97 Å². The van der Waals surface area contributed by atoms with Gasteiger partial charge in [0, 0.05) is 13.1 Å². The smallest absolute Gasteiger partial charge is 0.310 e. The molecule has 0 radical (unpaired) electrons. The van der Waals surface area contributed by atoms with Crippen LogP contribution < -0.4 is 0 Å². The number of carboxylic acid groups (broad SMARTS) is 1. The minimum atomic E-state index is -0.675. The molecule has 3 heteroatoms. The molecule has 0 spiro atoms. The number of benzene rings is 1. The van der Waals surface area contributed by atoms with Crippen LogP contribution in [-0.4, -0.2) is 29.1 Å². The van der Waals surface area contributed by atoms with Crippen molar-refractivity contribution in [1.29, 1.82) is 0 Å². The van der Waals surface area contributed by atoms with Crippen LogP contribution in [0.25, 0.3) is 0 Å². The molecular formula is C15H21NO2. The Balaban J connectivity index is 2.08. The molecule has 1 N–H and O–H groups in total. The van der Waals surface area contributed by atoms with Crippen molar-refractivity contribution in [2.24, 2.45) is 5.41 Å². The highest BCUT2D eigenvalue weighted by atomic mass is 16.4. The van der Waals surface area contributed by atoms with Gasteiger partial charge in [-0.15, -0.1) is 0 Å². The van der Waals surface area contributed by atoms with E-state index in [0.29, 0.717) is 6.54 Å². The van der Waals surface area contributed by atoms with E-state index in [1.165, 1.54) is 16.7 Å². The predicted octanol–water partition coefficient (Wildman–Crippen LogP) is 2.60. The molecule has 1 atom stereocenters. The van der Waals surface area contributed by atoms with Crippen molar-refractivity contribution in [2.75, 3.05) is 13.1 Å². The maximum absolute atomic E-state index is 11.2. The van der Waals surface area contributed by atoms with E-state index in [-0.39, 0.29) is 0 Å². The summed E-state index contributed by atoms with van der Waals surface area (Å²) in [5.74, 6) is -0.675. The van der Waals surface area contributed by atoms with Crippen LogP contribution in [-0.2, 0) is 11.3 Å². The maximum atomic E-state index is 11.2. The second-order valence-electron chi connectivity index (χ2n) is 5.69. The third-order valence-corrected chi connectivity index (χ3v) is 4.18. The van der Waals surface area contributed by atoms with Gasteiger partial charge < -0.3 is 5.11 Å². The Morgan fingerprint density at radius 3 is 2.78 bits per heavy atom. The quantitative estimate of drug-likeness (QED) is 0.892. The predicted molar refractivity (Wildman–Crippen MR) is 71.6 cm³/mol. The first-order valence-corrected chi connectivity index (χ1v) is 6.43. The van der Waals surface area contributed by atoms with Crippen molar-refractivity contribution in [3.8, 4) is 0 Å².